The molecule has 1 aromatic rings. The summed E-state index contributed by atoms with van der Waals surface area (Å²) in [5, 5.41) is 0. The van der Waals surface area contributed by atoms with E-state index in [1.54, 1.807) is 11.8 Å². The molecule has 7 nitrogen and oxygen atoms in total. The van der Waals surface area contributed by atoms with Gasteiger partial charge in [0.1, 0.15) is 10.7 Å². The van der Waals surface area contributed by atoms with E-state index in [9.17, 15) is 22.4 Å². The SMILES string of the molecule is CC(OC(=O)C1CCN(S(=O)(=O)c2ccccc2F)CC1)C(=O)N(C(C)C)C(C)C. The van der Waals surface area contributed by atoms with Gasteiger partial charge < -0.3 is 9.64 Å². The first-order chi connectivity index (χ1) is 14.0. The lowest BCUT2D eigenvalue weighted by Crippen LogP contribution is -2.48. The monoisotopic (exact) mass is 442 g/mol. The zero-order chi connectivity index (χ0) is 22.6. The van der Waals surface area contributed by atoms with E-state index in [2.05, 4.69) is 0 Å². The average molecular weight is 443 g/mol. The van der Waals surface area contributed by atoms with Crippen LogP contribution in [0.5, 0.6) is 0 Å². The molecule has 0 aliphatic carbocycles. The molecule has 0 spiro atoms. The molecule has 0 saturated carbocycles. The molecule has 0 radical (unpaired) electrons. The second-order valence-corrected chi connectivity index (χ2v) is 10.0. The molecule has 1 aliphatic rings. The molecule has 2 rings (SSSR count). The first-order valence-electron chi connectivity index (χ1n) is 10.2. The molecule has 0 aromatic heterocycles. The van der Waals surface area contributed by atoms with Gasteiger partial charge in [0, 0.05) is 25.2 Å². The number of carbonyl (C=O) groups excluding carboxylic acids is 2. The Balaban J connectivity index is 1.97. The predicted molar refractivity (Wildman–Crippen MR) is 111 cm³/mol. The van der Waals surface area contributed by atoms with E-state index >= 15 is 0 Å². The van der Waals surface area contributed by atoms with E-state index in [1.165, 1.54) is 22.5 Å². The number of amides is 1. The first kappa shape index (κ1) is 24.3. The first-order valence-corrected chi connectivity index (χ1v) is 11.7. The van der Waals surface area contributed by atoms with Crippen LogP contribution in [0.2, 0.25) is 0 Å². The highest BCUT2D eigenvalue weighted by Crippen LogP contribution is 2.26. The molecule has 1 aliphatic heterocycles. The van der Waals surface area contributed by atoms with Gasteiger partial charge in [-0.2, -0.15) is 4.31 Å². The molecule has 30 heavy (non-hydrogen) atoms. The van der Waals surface area contributed by atoms with E-state index in [4.69, 9.17) is 4.74 Å². The number of rotatable bonds is 7. The second-order valence-electron chi connectivity index (χ2n) is 8.12. The topological polar surface area (TPSA) is 84.0 Å². The summed E-state index contributed by atoms with van der Waals surface area (Å²) in [4.78, 5) is 26.5. The number of piperidine rings is 1. The van der Waals surface area contributed by atoms with Gasteiger partial charge in [0.2, 0.25) is 10.0 Å². The Morgan fingerprint density at radius 3 is 2.10 bits per heavy atom. The molecule has 0 N–H and O–H groups in total. The molecule has 1 atom stereocenters. The lowest BCUT2D eigenvalue weighted by Gasteiger charge is -2.34. The highest BCUT2D eigenvalue weighted by molar-refractivity contribution is 7.89. The third-order valence-corrected chi connectivity index (χ3v) is 7.18. The van der Waals surface area contributed by atoms with Gasteiger partial charge in [-0.15, -0.1) is 0 Å². The molecule has 9 heteroatoms. The Morgan fingerprint density at radius 2 is 1.60 bits per heavy atom. The summed E-state index contributed by atoms with van der Waals surface area (Å²) in [5.41, 5.74) is 0. The third-order valence-electron chi connectivity index (χ3n) is 5.25. The minimum atomic E-state index is -3.96. The maximum atomic E-state index is 13.9. The number of ether oxygens (including phenoxy) is 1. The van der Waals surface area contributed by atoms with Crippen LogP contribution in [0.1, 0.15) is 47.5 Å². The summed E-state index contributed by atoms with van der Waals surface area (Å²) in [6, 6.07) is 5.19. The molecular weight excluding hydrogens is 411 g/mol. The van der Waals surface area contributed by atoms with Crippen LogP contribution in [0.25, 0.3) is 0 Å². The highest BCUT2D eigenvalue weighted by atomic mass is 32.2. The minimum absolute atomic E-state index is 0.0227. The lowest BCUT2D eigenvalue weighted by molar-refractivity contribution is -0.165. The number of carbonyl (C=O) groups is 2. The fourth-order valence-corrected chi connectivity index (χ4v) is 5.30. The Bertz CT molecular complexity index is 856. The van der Waals surface area contributed by atoms with Crippen molar-refractivity contribution in [3.05, 3.63) is 30.1 Å². The van der Waals surface area contributed by atoms with Crippen molar-refractivity contribution in [3.63, 3.8) is 0 Å². The molecule has 168 valence electrons. The molecule has 0 bridgehead atoms. The van der Waals surface area contributed by atoms with E-state index in [0.717, 1.165) is 6.07 Å². The van der Waals surface area contributed by atoms with E-state index in [-0.39, 0.29) is 48.8 Å². The van der Waals surface area contributed by atoms with Gasteiger partial charge in [0.05, 0.1) is 5.92 Å². The summed E-state index contributed by atoms with van der Waals surface area (Å²) in [6.45, 7) is 9.33. The number of esters is 1. The van der Waals surface area contributed by atoms with Crippen molar-refractivity contribution in [3.8, 4) is 0 Å². The number of benzene rings is 1. The number of nitrogens with zero attached hydrogens (tertiary/aromatic N) is 2. The Kier molecular flexibility index (Phi) is 7.99. The van der Waals surface area contributed by atoms with Crippen molar-refractivity contribution in [2.24, 2.45) is 5.92 Å². The number of hydrogen-bond donors (Lipinski definition) is 0. The van der Waals surface area contributed by atoms with Crippen molar-refractivity contribution in [2.75, 3.05) is 13.1 Å². The van der Waals surface area contributed by atoms with Crippen LogP contribution >= 0.6 is 0 Å². The average Bonchev–Trinajstić information content (AvgIpc) is 2.67. The molecule has 1 amide bonds. The van der Waals surface area contributed by atoms with Crippen molar-refractivity contribution >= 4 is 21.9 Å². The molecule has 1 fully saturated rings. The van der Waals surface area contributed by atoms with Crippen LogP contribution in [0.3, 0.4) is 0 Å². The smallest absolute Gasteiger partial charge is 0.309 e. The normalized spacial score (nSPS) is 17.2. The van der Waals surface area contributed by atoms with Gasteiger partial charge in [-0.25, -0.2) is 12.8 Å². The maximum Gasteiger partial charge on any atom is 0.309 e. The van der Waals surface area contributed by atoms with Crippen LogP contribution < -0.4 is 0 Å². The van der Waals surface area contributed by atoms with Gasteiger partial charge in [-0.3, -0.25) is 9.59 Å². The van der Waals surface area contributed by atoms with Crippen molar-refractivity contribution in [2.45, 2.75) is 70.5 Å². The number of halogens is 1. The Hall–Kier alpha value is -2.00. The highest BCUT2D eigenvalue weighted by Gasteiger charge is 2.35. The molecule has 1 saturated heterocycles. The van der Waals surface area contributed by atoms with Gasteiger partial charge in [-0.05, 0) is 59.6 Å². The predicted octanol–water partition coefficient (Wildman–Crippen LogP) is 2.80. The fourth-order valence-electron chi connectivity index (χ4n) is 3.76. The standard InChI is InChI=1S/C21H31FN2O5S/c1-14(2)24(15(3)4)20(25)16(5)29-21(26)17-10-12-23(13-11-17)30(27,28)19-9-7-6-8-18(19)22/h6-9,14-17H,10-13H2,1-5H3. The zero-order valence-electron chi connectivity index (χ0n) is 18.2. The summed E-state index contributed by atoms with van der Waals surface area (Å²) in [6.07, 6.45) is -0.403. The van der Waals surface area contributed by atoms with Crippen LogP contribution in [0.15, 0.2) is 29.2 Å². The van der Waals surface area contributed by atoms with Crippen LogP contribution in [-0.2, 0) is 24.3 Å². The molecule has 1 heterocycles. The summed E-state index contributed by atoms with van der Waals surface area (Å²) in [7, 11) is -3.96. The molecule has 1 unspecified atom stereocenters. The van der Waals surface area contributed by atoms with E-state index in [1.807, 2.05) is 27.7 Å². The van der Waals surface area contributed by atoms with Gasteiger partial charge in [0.25, 0.3) is 5.91 Å². The minimum Gasteiger partial charge on any atom is -0.452 e. The summed E-state index contributed by atoms with van der Waals surface area (Å²) in [5.74, 6) is -2.07. The molecular formula is C21H31FN2O5S. The quantitative estimate of drug-likeness (QED) is 0.607. The largest absolute Gasteiger partial charge is 0.452 e. The summed E-state index contributed by atoms with van der Waals surface area (Å²) >= 11 is 0. The van der Waals surface area contributed by atoms with Crippen LogP contribution in [-0.4, -0.2) is 60.8 Å². The zero-order valence-corrected chi connectivity index (χ0v) is 19.0. The Morgan fingerprint density at radius 1 is 1.07 bits per heavy atom. The number of sulfonamides is 1. The third kappa shape index (κ3) is 5.37. The fraction of sp³-hybridized carbons (Fsp3) is 0.619. The van der Waals surface area contributed by atoms with Gasteiger partial charge in [0.15, 0.2) is 6.10 Å². The van der Waals surface area contributed by atoms with Crippen LogP contribution in [0, 0.1) is 11.7 Å². The number of hydrogen-bond acceptors (Lipinski definition) is 5. The van der Waals surface area contributed by atoms with E-state index < -0.39 is 33.8 Å². The van der Waals surface area contributed by atoms with Gasteiger partial charge >= 0.3 is 5.97 Å². The van der Waals surface area contributed by atoms with Crippen molar-refractivity contribution in [1.29, 1.82) is 0 Å². The molecule has 1 aromatic carbocycles. The summed E-state index contributed by atoms with van der Waals surface area (Å²) < 4.78 is 45.9. The lowest BCUT2D eigenvalue weighted by atomic mass is 9.98. The Labute approximate surface area is 178 Å². The van der Waals surface area contributed by atoms with E-state index in [0.29, 0.717) is 0 Å². The van der Waals surface area contributed by atoms with Crippen molar-refractivity contribution in [1.82, 2.24) is 9.21 Å². The second kappa shape index (κ2) is 9.87. The van der Waals surface area contributed by atoms with Crippen molar-refractivity contribution < 1.29 is 27.1 Å². The maximum absolute atomic E-state index is 13.9. The van der Waals surface area contributed by atoms with Gasteiger partial charge in [-0.1, -0.05) is 12.1 Å². The van der Waals surface area contributed by atoms with Crippen LogP contribution in [0.4, 0.5) is 4.39 Å².